The molecule has 0 aliphatic heterocycles. The fourth-order valence-electron chi connectivity index (χ4n) is 1.61. The highest BCUT2D eigenvalue weighted by molar-refractivity contribution is 9.11. The number of anilines is 2. The van der Waals surface area contributed by atoms with Gasteiger partial charge < -0.3 is 10.5 Å². The summed E-state index contributed by atoms with van der Waals surface area (Å²) >= 11 is 7.55. The number of methoxy groups -OCH3 is 1. The summed E-state index contributed by atoms with van der Waals surface area (Å²) < 4.78 is 33.8. The number of rotatable bonds is 4. The zero-order valence-corrected chi connectivity index (χ0v) is 15.8. The summed E-state index contributed by atoms with van der Waals surface area (Å²) in [6, 6.07) is 3.27. The lowest BCUT2D eigenvalue weighted by atomic mass is 10.3. The van der Waals surface area contributed by atoms with E-state index in [0.717, 1.165) is 11.3 Å². The molecule has 10 heteroatoms. The first-order valence-corrected chi connectivity index (χ1v) is 9.42. The minimum Gasteiger partial charge on any atom is -0.495 e. The summed E-state index contributed by atoms with van der Waals surface area (Å²) in [6.07, 6.45) is 0. The van der Waals surface area contributed by atoms with Gasteiger partial charge >= 0.3 is 0 Å². The Hall–Kier alpha value is -0.840. The largest absolute Gasteiger partial charge is 0.495 e. The summed E-state index contributed by atoms with van der Waals surface area (Å²) in [5.41, 5.74) is 6.27. The van der Waals surface area contributed by atoms with E-state index < -0.39 is 10.0 Å². The van der Waals surface area contributed by atoms with Crippen molar-refractivity contribution in [2.75, 3.05) is 17.6 Å². The summed E-state index contributed by atoms with van der Waals surface area (Å²) in [4.78, 5) is 3.92. The van der Waals surface area contributed by atoms with Gasteiger partial charge in [-0.3, -0.25) is 4.72 Å². The number of ether oxygens (including phenoxy) is 1. The van der Waals surface area contributed by atoms with Crippen LogP contribution in [-0.2, 0) is 10.0 Å². The first kappa shape index (κ1) is 16.5. The van der Waals surface area contributed by atoms with Gasteiger partial charge in [0.2, 0.25) is 0 Å². The van der Waals surface area contributed by atoms with Gasteiger partial charge in [-0.1, -0.05) is 11.3 Å². The topological polar surface area (TPSA) is 94.3 Å². The van der Waals surface area contributed by atoms with Gasteiger partial charge in [0.15, 0.2) is 9.34 Å². The third-order valence-electron chi connectivity index (χ3n) is 2.50. The second-order valence-corrected chi connectivity index (χ2v) is 8.61. The molecule has 0 saturated heterocycles. The van der Waals surface area contributed by atoms with Crippen LogP contribution in [0.4, 0.5) is 10.8 Å². The van der Waals surface area contributed by atoms with Crippen LogP contribution in [-0.4, -0.2) is 20.5 Å². The summed E-state index contributed by atoms with van der Waals surface area (Å²) in [6.45, 7) is 1.60. The number of benzene rings is 1. The van der Waals surface area contributed by atoms with Crippen LogP contribution in [0.1, 0.15) is 5.69 Å². The van der Waals surface area contributed by atoms with Crippen molar-refractivity contribution in [3.05, 3.63) is 26.8 Å². The summed E-state index contributed by atoms with van der Waals surface area (Å²) in [5, 5.41) is 0.209. The minimum atomic E-state index is -3.76. The zero-order chi connectivity index (χ0) is 15.8. The number of halogens is 2. The Bertz CT molecular complexity index is 790. The first-order chi connectivity index (χ1) is 9.74. The quantitative estimate of drug-likeness (QED) is 0.735. The Morgan fingerprint density at radius 2 is 2.00 bits per heavy atom. The van der Waals surface area contributed by atoms with Crippen molar-refractivity contribution in [3.8, 4) is 5.75 Å². The van der Waals surface area contributed by atoms with Crippen molar-refractivity contribution in [1.82, 2.24) is 4.98 Å². The molecule has 3 N–H and O–H groups in total. The van der Waals surface area contributed by atoms with Crippen LogP contribution in [0.5, 0.6) is 5.75 Å². The minimum absolute atomic E-state index is 0.0915. The Morgan fingerprint density at radius 1 is 1.33 bits per heavy atom. The van der Waals surface area contributed by atoms with E-state index in [4.69, 9.17) is 10.5 Å². The molecular weight excluding hydrogens is 446 g/mol. The highest BCUT2D eigenvalue weighted by Crippen LogP contribution is 2.36. The van der Waals surface area contributed by atoms with E-state index in [2.05, 4.69) is 41.6 Å². The molecule has 2 aromatic rings. The lowest BCUT2D eigenvalue weighted by molar-refractivity contribution is 0.412. The lowest BCUT2D eigenvalue weighted by Crippen LogP contribution is -2.13. The Balaban J connectivity index is 2.44. The predicted octanol–water partition coefficient (Wildman–Crippen LogP) is 3.37. The van der Waals surface area contributed by atoms with Gasteiger partial charge in [0.1, 0.15) is 5.75 Å². The molecule has 0 fully saturated rings. The Labute approximate surface area is 143 Å². The smallest absolute Gasteiger partial charge is 0.273 e. The van der Waals surface area contributed by atoms with Crippen molar-refractivity contribution in [1.29, 1.82) is 0 Å². The summed E-state index contributed by atoms with van der Waals surface area (Å²) in [7, 11) is -2.26. The fraction of sp³-hybridized carbons (Fsp3) is 0.182. The van der Waals surface area contributed by atoms with Gasteiger partial charge in [-0.05, 0) is 44.8 Å². The third kappa shape index (κ3) is 3.50. The number of nitrogens with zero attached hydrogens (tertiary/aromatic N) is 1. The maximum absolute atomic E-state index is 12.4. The summed E-state index contributed by atoms with van der Waals surface area (Å²) in [5.74, 6) is 0.511. The predicted molar refractivity (Wildman–Crippen MR) is 90.5 cm³/mol. The van der Waals surface area contributed by atoms with Gasteiger partial charge in [-0.2, -0.15) is 0 Å². The molecule has 1 heterocycles. The van der Waals surface area contributed by atoms with E-state index in [0.29, 0.717) is 26.1 Å². The van der Waals surface area contributed by atoms with Crippen LogP contribution in [0.3, 0.4) is 0 Å². The molecule has 0 spiro atoms. The van der Waals surface area contributed by atoms with E-state index in [1.165, 1.54) is 7.11 Å². The number of sulfonamides is 1. The van der Waals surface area contributed by atoms with Crippen LogP contribution in [0.2, 0.25) is 0 Å². The molecule has 0 unspecified atom stereocenters. The van der Waals surface area contributed by atoms with Crippen molar-refractivity contribution < 1.29 is 13.2 Å². The Kier molecular flexibility index (Phi) is 4.81. The van der Waals surface area contributed by atoms with E-state index in [1.807, 2.05) is 0 Å². The number of aryl methyl sites for hydroxylation is 1. The average Bonchev–Trinajstić information content (AvgIpc) is 2.72. The molecule has 0 saturated carbocycles. The normalized spacial score (nSPS) is 11.4. The molecule has 1 aromatic heterocycles. The number of nitrogen functional groups attached to an aromatic ring is 1. The molecule has 2 rings (SSSR count). The van der Waals surface area contributed by atoms with Crippen molar-refractivity contribution in [3.63, 3.8) is 0 Å². The van der Waals surface area contributed by atoms with Crippen LogP contribution < -0.4 is 15.2 Å². The van der Waals surface area contributed by atoms with Gasteiger partial charge in [0, 0.05) is 10.5 Å². The average molecular weight is 457 g/mol. The number of nitrogens with one attached hydrogen (secondary N) is 1. The van der Waals surface area contributed by atoms with E-state index in [-0.39, 0.29) is 9.34 Å². The molecule has 21 heavy (non-hydrogen) atoms. The van der Waals surface area contributed by atoms with Crippen LogP contribution >= 0.6 is 43.2 Å². The number of hydrogen-bond donors (Lipinski definition) is 2. The fourth-order valence-corrected chi connectivity index (χ4v) is 5.36. The second kappa shape index (κ2) is 6.11. The lowest BCUT2D eigenvalue weighted by Gasteiger charge is -2.11. The van der Waals surface area contributed by atoms with E-state index in [9.17, 15) is 8.42 Å². The van der Waals surface area contributed by atoms with E-state index in [1.54, 1.807) is 19.1 Å². The molecule has 0 aliphatic carbocycles. The first-order valence-electron chi connectivity index (χ1n) is 5.53. The zero-order valence-electron chi connectivity index (χ0n) is 11.0. The molecule has 114 valence electrons. The molecule has 6 nitrogen and oxygen atoms in total. The standard InChI is InChI=1S/C11H11Br2N3O3S2/c1-5-10(20-11(14)15-5)21(17,18)16-8-4-9(19-2)7(13)3-6(8)12/h3-4,16H,1-2H3,(H2,14,15). The van der Waals surface area contributed by atoms with E-state index >= 15 is 0 Å². The monoisotopic (exact) mass is 455 g/mol. The number of aromatic nitrogens is 1. The van der Waals surface area contributed by atoms with Gasteiger partial charge in [-0.15, -0.1) is 0 Å². The maximum atomic E-state index is 12.4. The van der Waals surface area contributed by atoms with Gasteiger partial charge in [-0.25, -0.2) is 13.4 Å². The van der Waals surface area contributed by atoms with Crippen LogP contribution in [0.15, 0.2) is 25.3 Å². The van der Waals surface area contributed by atoms with Crippen LogP contribution in [0.25, 0.3) is 0 Å². The Morgan fingerprint density at radius 3 is 2.52 bits per heavy atom. The maximum Gasteiger partial charge on any atom is 0.273 e. The molecule has 0 aliphatic rings. The van der Waals surface area contributed by atoms with Crippen molar-refractivity contribution >= 4 is 64.0 Å². The molecule has 0 bridgehead atoms. The third-order valence-corrected chi connectivity index (χ3v) is 6.74. The molecule has 1 aromatic carbocycles. The number of thiazole rings is 1. The second-order valence-electron chi connectivity index (χ2n) is 4.00. The molecule has 0 amide bonds. The molecule has 0 radical (unpaired) electrons. The molecule has 0 atom stereocenters. The number of hydrogen-bond acceptors (Lipinski definition) is 6. The molecular formula is C11H11Br2N3O3S2. The van der Waals surface area contributed by atoms with Gasteiger partial charge in [0.25, 0.3) is 10.0 Å². The SMILES string of the molecule is COc1cc(NS(=O)(=O)c2sc(N)nc2C)c(Br)cc1Br. The van der Waals surface area contributed by atoms with Crippen LogP contribution in [0, 0.1) is 6.92 Å². The highest BCUT2D eigenvalue weighted by Gasteiger charge is 2.22. The van der Waals surface area contributed by atoms with Crippen molar-refractivity contribution in [2.24, 2.45) is 0 Å². The number of nitrogens with two attached hydrogens (primary N) is 1. The van der Waals surface area contributed by atoms with Gasteiger partial charge in [0.05, 0.1) is 23.0 Å². The highest BCUT2D eigenvalue weighted by atomic mass is 79.9. The van der Waals surface area contributed by atoms with Crippen molar-refractivity contribution in [2.45, 2.75) is 11.1 Å².